The van der Waals surface area contributed by atoms with Crippen LogP contribution in [0.2, 0.25) is 0 Å². The molecule has 0 saturated carbocycles. The van der Waals surface area contributed by atoms with Crippen LogP contribution in [0.3, 0.4) is 0 Å². The maximum atomic E-state index is 11.3. The van der Waals surface area contributed by atoms with Crippen LogP contribution in [0.15, 0.2) is 39.7 Å². The van der Waals surface area contributed by atoms with Crippen molar-refractivity contribution in [3.63, 3.8) is 0 Å². The maximum absolute atomic E-state index is 11.3. The SMILES string of the molecule is CCCCCCC.COc1ccc2c(=O)ccoc2c1. The lowest BCUT2D eigenvalue weighted by Crippen LogP contribution is -1.97. The summed E-state index contributed by atoms with van der Waals surface area (Å²) in [5, 5.41) is 0.573. The zero-order valence-electron chi connectivity index (χ0n) is 12.6. The van der Waals surface area contributed by atoms with Crippen LogP contribution in [0.1, 0.15) is 46.0 Å². The number of rotatable bonds is 5. The third kappa shape index (κ3) is 5.08. The first kappa shape index (κ1) is 16.3. The number of methoxy groups -OCH3 is 1. The van der Waals surface area contributed by atoms with Gasteiger partial charge in [0.05, 0.1) is 18.8 Å². The summed E-state index contributed by atoms with van der Waals surface area (Å²) in [5.74, 6) is 0.682. The second-order valence-electron chi connectivity index (χ2n) is 4.71. The third-order valence-corrected chi connectivity index (χ3v) is 3.08. The van der Waals surface area contributed by atoms with E-state index in [1.807, 2.05) is 0 Å². The minimum atomic E-state index is -0.0381. The molecule has 0 aliphatic carbocycles. The van der Waals surface area contributed by atoms with Crippen molar-refractivity contribution in [1.82, 2.24) is 0 Å². The van der Waals surface area contributed by atoms with Gasteiger partial charge in [-0.1, -0.05) is 46.0 Å². The van der Waals surface area contributed by atoms with E-state index in [4.69, 9.17) is 9.15 Å². The predicted molar refractivity (Wildman–Crippen MR) is 83.5 cm³/mol. The summed E-state index contributed by atoms with van der Waals surface area (Å²) in [7, 11) is 1.57. The van der Waals surface area contributed by atoms with Gasteiger partial charge in [-0.05, 0) is 12.1 Å². The topological polar surface area (TPSA) is 39.4 Å². The van der Waals surface area contributed by atoms with Gasteiger partial charge >= 0.3 is 0 Å². The summed E-state index contributed by atoms with van der Waals surface area (Å²) in [4.78, 5) is 11.3. The molecule has 1 heterocycles. The molecule has 0 spiro atoms. The maximum Gasteiger partial charge on any atom is 0.192 e. The van der Waals surface area contributed by atoms with Crippen LogP contribution >= 0.6 is 0 Å². The lowest BCUT2D eigenvalue weighted by molar-refractivity contribution is 0.414. The van der Waals surface area contributed by atoms with Crippen molar-refractivity contribution in [2.24, 2.45) is 0 Å². The Morgan fingerprint density at radius 2 is 1.75 bits per heavy atom. The van der Waals surface area contributed by atoms with Crippen molar-refractivity contribution in [2.45, 2.75) is 46.0 Å². The smallest absolute Gasteiger partial charge is 0.192 e. The van der Waals surface area contributed by atoms with Crippen molar-refractivity contribution in [3.05, 3.63) is 40.8 Å². The first-order valence-corrected chi connectivity index (χ1v) is 7.28. The summed E-state index contributed by atoms with van der Waals surface area (Å²) < 4.78 is 10.2. The summed E-state index contributed by atoms with van der Waals surface area (Å²) in [6.07, 6.45) is 8.39. The van der Waals surface area contributed by atoms with Crippen LogP contribution < -0.4 is 10.2 Å². The van der Waals surface area contributed by atoms with Gasteiger partial charge in [0.25, 0.3) is 0 Å². The molecule has 0 saturated heterocycles. The zero-order chi connectivity index (χ0) is 14.8. The highest BCUT2D eigenvalue weighted by Gasteiger charge is 2.00. The molecule has 3 heteroatoms. The Morgan fingerprint density at radius 3 is 2.35 bits per heavy atom. The van der Waals surface area contributed by atoms with E-state index in [2.05, 4.69) is 13.8 Å². The quantitative estimate of drug-likeness (QED) is 0.738. The van der Waals surface area contributed by atoms with Gasteiger partial charge in [0.2, 0.25) is 0 Å². The fraction of sp³-hybridized carbons (Fsp3) is 0.471. The molecule has 1 aromatic heterocycles. The first-order valence-electron chi connectivity index (χ1n) is 7.28. The van der Waals surface area contributed by atoms with Crippen molar-refractivity contribution in [3.8, 4) is 5.75 Å². The van der Waals surface area contributed by atoms with Gasteiger partial charge in [-0.3, -0.25) is 4.79 Å². The van der Waals surface area contributed by atoms with Crippen LogP contribution in [0, 0.1) is 0 Å². The Morgan fingerprint density at radius 1 is 1.05 bits per heavy atom. The summed E-state index contributed by atoms with van der Waals surface area (Å²) >= 11 is 0. The molecule has 110 valence electrons. The molecule has 0 bridgehead atoms. The molecule has 0 fully saturated rings. The molecular formula is C17H24O3. The molecule has 0 aliphatic rings. The number of fused-ring (bicyclic) bond motifs is 1. The Bertz CT molecular complexity index is 553. The van der Waals surface area contributed by atoms with Gasteiger partial charge < -0.3 is 9.15 Å². The molecule has 3 nitrogen and oxygen atoms in total. The average molecular weight is 276 g/mol. The molecule has 0 atom stereocenters. The lowest BCUT2D eigenvalue weighted by atomic mass is 10.2. The molecule has 0 amide bonds. The van der Waals surface area contributed by atoms with E-state index >= 15 is 0 Å². The molecule has 0 radical (unpaired) electrons. The minimum absolute atomic E-state index is 0.0381. The highest BCUT2D eigenvalue weighted by atomic mass is 16.5. The van der Waals surface area contributed by atoms with Gasteiger partial charge in [0.1, 0.15) is 11.3 Å². The van der Waals surface area contributed by atoms with Gasteiger partial charge in [0, 0.05) is 12.1 Å². The van der Waals surface area contributed by atoms with E-state index in [1.54, 1.807) is 25.3 Å². The lowest BCUT2D eigenvalue weighted by Gasteiger charge is -1.99. The summed E-state index contributed by atoms with van der Waals surface area (Å²) in [6.45, 7) is 4.49. The van der Waals surface area contributed by atoms with Crippen LogP contribution in [0.4, 0.5) is 0 Å². The van der Waals surface area contributed by atoms with Crippen LogP contribution in [-0.2, 0) is 0 Å². The van der Waals surface area contributed by atoms with Crippen molar-refractivity contribution >= 4 is 11.0 Å². The fourth-order valence-corrected chi connectivity index (χ4v) is 1.87. The van der Waals surface area contributed by atoms with Gasteiger partial charge in [-0.2, -0.15) is 0 Å². The van der Waals surface area contributed by atoms with Crippen LogP contribution in [0.5, 0.6) is 5.75 Å². The van der Waals surface area contributed by atoms with Gasteiger partial charge in [0.15, 0.2) is 5.43 Å². The summed E-state index contributed by atoms with van der Waals surface area (Å²) in [5.41, 5.74) is 0.510. The van der Waals surface area contributed by atoms with E-state index in [0.29, 0.717) is 16.7 Å². The number of benzene rings is 1. The molecule has 2 rings (SSSR count). The Labute approximate surface area is 120 Å². The highest BCUT2D eigenvalue weighted by Crippen LogP contribution is 2.17. The van der Waals surface area contributed by atoms with Gasteiger partial charge in [-0.15, -0.1) is 0 Å². The Hall–Kier alpha value is -1.77. The molecular weight excluding hydrogens is 252 g/mol. The Kier molecular flexibility index (Phi) is 7.48. The number of unbranched alkanes of at least 4 members (excludes halogenated alkanes) is 4. The standard InChI is InChI=1S/C10H8O3.C7H16/c1-12-7-2-3-8-9(11)4-5-13-10(8)6-7;1-3-5-7-6-4-2/h2-6H,1H3;3-7H2,1-2H3. The van der Waals surface area contributed by atoms with E-state index in [-0.39, 0.29) is 5.43 Å². The molecule has 20 heavy (non-hydrogen) atoms. The van der Waals surface area contributed by atoms with E-state index in [1.165, 1.54) is 44.4 Å². The number of hydrogen-bond acceptors (Lipinski definition) is 3. The average Bonchev–Trinajstić information content (AvgIpc) is 2.48. The Balaban J connectivity index is 0.000000246. The molecule has 0 N–H and O–H groups in total. The molecule has 2 aromatic rings. The minimum Gasteiger partial charge on any atom is -0.497 e. The largest absolute Gasteiger partial charge is 0.497 e. The molecule has 0 aliphatic heterocycles. The first-order chi connectivity index (χ1) is 9.72. The van der Waals surface area contributed by atoms with Crippen molar-refractivity contribution in [1.29, 1.82) is 0 Å². The zero-order valence-corrected chi connectivity index (χ0v) is 12.6. The monoisotopic (exact) mass is 276 g/mol. The second kappa shape index (κ2) is 9.18. The van der Waals surface area contributed by atoms with Crippen molar-refractivity contribution in [2.75, 3.05) is 7.11 Å². The highest BCUT2D eigenvalue weighted by molar-refractivity contribution is 5.77. The fourth-order valence-electron chi connectivity index (χ4n) is 1.87. The van der Waals surface area contributed by atoms with E-state index in [0.717, 1.165) is 0 Å². The number of hydrogen-bond donors (Lipinski definition) is 0. The molecule has 1 aromatic carbocycles. The normalized spacial score (nSPS) is 9.95. The van der Waals surface area contributed by atoms with E-state index < -0.39 is 0 Å². The van der Waals surface area contributed by atoms with Crippen molar-refractivity contribution < 1.29 is 9.15 Å². The predicted octanol–water partition coefficient (Wildman–Crippen LogP) is 4.78. The summed E-state index contributed by atoms with van der Waals surface area (Å²) in [6, 6.07) is 6.52. The van der Waals surface area contributed by atoms with Gasteiger partial charge in [-0.25, -0.2) is 0 Å². The second-order valence-corrected chi connectivity index (χ2v) is 4.71. The van der Waals surface area contributed by atoms with Crippen LogP contribution in [-0.4, -0.2) is 7.11 Å². The molecule has 0 unspecified atom stereocenters. The van der Waals surface area contributed by atoms with Crippen LogP contribution in [0.25, 0.3) is 11.0 Å². The number of ether oxygens (including phenoxy) is 1. The third-order valence-electron chi connectivity index (χ3n) is 3.08. The van der Waals surface area contributed by atoms with E-state index in [9.17, 15) is 4.79 Å².